The minimum atomic E-state index is 0.383. The lowest BCUT2D eigenvalue weighted by atomic mass is 9.88. The van der Waals surface area contributed by atoms with Gasteiger partial charge in [0, 0.05) is 74.4 Å². The molecule has 0 N–H and O–H groups in total. The maximum absolute atomic E-state index is 12.6. The third kappa shape index (κ3) is 7.04. The third-order valence-electron chi connectivity index (χ3n) is 17.8. The number of hydrogen-bond donors (Lipinski definition) is 0. The zero-order valence-electron chi connectivity index (χ0n) is 46.4. The molecule has 402 valence electrons. The number of rotatable bonds is 7. The van der Waals surface area contributed by atoms with Crippen LogP contribution >= 0.6 is 22.7 Å². The topological polar surface area (TPSA) is 51.1 Å². The molecule has 0 saturated carbocycles. The van der Waals surface area contributed by atoms with E-state index in [1.807, 2.05) is 36.4 Å². The van der Waals surface area contributed by atoms with E-state index in [1.54, 1.807) is 22.7 Å². The molecule has 18 rings (SSSR count). The fourth-order valence-electron chi connectivity index (χ4n) is 14.3. The number of nitriles is 1. The predicted octanol–water partition coefficient (Wildman–Crippen LogP) is 23.3. The van der Waals surface area contributed by atoms with Crippen molar-refractivity contribution < 1.29 is 4.42 Å². The summed E-state index contributed by atoms with van der Waals surface area (Å²) in [6.45, 7) is 9.70. The second-order valence-electron chi connectivity index (χ2n) is 22.3. The van der Waals surface area contributed by atoms with E-state index >= 15 is 0 Å². The number of furan rings is 1. The first kappa shape index (κ1) is 49.1. The van der Waals surface area contributed by atoms with Crippen molar-refractivity contribution in [2.45, 2.75) is 0 Å². The number of nitrogens with zero attached hydrogens (tertiary/aromatic N) is 4. The number of aromatic nitrogens is 2. The molecule has 5 heterocycles. The molecule has 0 fully saturated rings. The summed E-state index contributed by atoms with van der Waals surface area (Å²) >= 11 is 3.61. The number of para-hydroxylation sites is 2. The second kappa shape index (κ2) is 19.1. The van der Waals surface area contributed by atoms with Crippen LogP contribution in [0.25, 0.3) is 178 Å². The summed E-state index contributed by atoms with van der Waals surface area (Å²) in [4.78, 5) is 4.72. The summed E-state index contributed by atoms with van der Waals surface area (Å²) < 4.78 is 15.9. The van der Waals surface area contributed by atoms with Crippen molar-refractivity contribution in [3.05, 3.63) is 284 Å². The Morgan fingerprint density at radius 3 is 1.40 bits per heavy atom. The molecule has 0 unspecified atom stereocenters. The van der Waals surface area contributed by atoms with E-state index in [9.17, 15) is 11.8 Å². The number of benzene rings is 13. The van der Waals surface area contributed by atoms with E-state index in [4.69, 9.17) is 9.26 Å². The van der Waals surface area contributed by atoms with Gasteiger partial charge in [0.2, 0.25) is 5.69 Å². The standard InChI is InChI=1S/C80H44N4OS2/c1-82-74-68(49-28-10-4-11-29-49)61(46-81)75(69(50-30-12-5-13-31-50)78(74)83-62-38-18-14-32-53(62)70-51(36-22-39-63(70)83)52-37-23-41-65-71(52)54-33-15-19-40-64(54)85-65)84-76-59(44-57(47-24-6-2-7-25-47)72-55-34-16-20-42-66(55)86-79(72)76)60-45-58(48-26-8-3-9-27-48)73-56-35-17-21-43-67(56)87-80(73)77(60)84/h2-45H. The molecule has 0 bridgehead atoms. The van der Waals surface area contributed by atoms with Gasteiger partial charge >= 0.3 is 0 Å². The average Bonchev–Trinajstić information content (AvgIpc) is 1.61. The largest absolute Gasteiger partial charge is 0.456 e. The quantitative estimate of drug-likeness (QED) is 0.149. The van der Waals surface area contributed by atoms with Gasteiger partial charge in [-0.25, -0.2) is 4.85 Å². The minimum Gasteiger partial charge on any atom is -0.456 e. The molecular formula is C80H44N4OS2. The first-order valence-corrected chi connectivity index (χ1v) is 30.7. The maximum atomic E-state index is 12.6. The lowest BCUT2D eigenvalue weighted by Gasteiger charge is -2.26. The van der Waals surface area contributed by atoms with E-state index < -0.39 is 0 Å². The lowest BCUT2D eigenvalue weighted by molar-refractivity contribution is 0.669. The predicted molar refractivity (Wildman–Crippen MR) is 366 cm³/mol. The van der Waals surface area contributed by atoms with Crippen molar-refractivity contribution in [3.8, 4) is 73.1 Å². The van der Waals surface area contributed by atoms with Gasteiger partial charge in [0.15, 0.2) is 0 Å². The van der Waals surface area contributed by atoms with Crippen molar-refractivity contribution in [2.75, 3.05) is 0 Å². The van der Waals surface area contributed by atoms with Crippen LogP contribution < -0.4 is 0 Å². The summed E-state index contributed by atoms with van der Waals surface area (Å²) in [5.41, 5.74) is 17.4. The highest BCUT2D eigenvalue weighted by molar-refractivity contribution is 7.27. The van der Waals surface area contributed by atoms with Crippen LogP contribution in [0.3, 0.4) is 0 Å². The smallest absolute Gasteiger partial charge is 0.220 e. The molecule has 0 aliphatic carbocycles. The first-order valence-electron chi connectivity index (χ1n) is 29.1. The minimum absolute atomic E-state index is 0.383. The first-order chi connectivity index (χ1) is 43.1. The Hall–Kier alpha value is -11.3. The van der Waals surface area contributed by atoms with Crippen molar-refractivity contribution in [1.29, 1.82) is 5.26 Å². The monoisotopic (exact) mass is 1140 g/mol. The molecule has 0 aliphatic heterocycles. The molecule has 0 spiro atoms. The van der Waals surface area contributed by atoms with Crippen LogP contribution in [0, 0.1) is 17.9 Å². The van der Waals surface area contributed by atoms with E-state index in [0.29, 0.717) is 28.2 Å². The Morgan fingerprint density at radius 2 is 0.828 bits per heavy atom. The molecule has 0 atom stereocenters. The van der Waals surface area contributed by atoms with Gasteiger partial charge in [-0.1, -0.05) is 218 Å². The molecule has 87 heavy (non-hydrogen) atoms. The third-order valence-corrected chi connectivity index (χ3v) is 20.1. The van der Waals surface area contributed by atoms with Gasteiger partial charge in [0.25, 0.3) is 0 Å². The normalized spacial score (nSPS) is 11.9. The van der Waals surface area contributed by atoms with Gasteiger partial charge < -0.3 is 13.6 Å². The van der Waals surface area contributed by atoms with Crippen LogP contribution in [0.4, 0.5) is 5.69 Å². The van der Waals surface area contributed by atoms with Gasteiger partial charge in [-0.05, 0) is 93.0 Å². The molecule has 5 aromatic heterocycles. The maximum Gasteiger partial charge on any atom is 0.220 e. The number of hydrogen-bond acceptors (Lipinski definition) is 4. The van der Waals surface area contributed by atoms with Crippen LogP contribution in [0.2, 0.25) is 0 Å². The second-order valence-corrected chi connectivity index (χ2v) is 24.4. The molecule has 13 aromatic carbocycles. The summed E-state index contributed by atoms with van der Waals surface area (Å²) in [5.74, 6) is 0. The van der Waals surface area contributed by atoms with Crippen LogP contribution in [0.5, 0.6) is 0 Å². The average molecular weight is 1140 g/mol. The highest BCUT2D eigenvalue weighted by atomic mass is 32.1. The SMILES string of the molecule is [C-]#[N+]c1c(-c2ccccc2)c(C#N)c(-n2c3c(cc(-c4ccccc4)c4c5ccccc5sc43)c3cc(-c4ccccc4)c4c5ccccc5sc4c32)c(-c2ccccc2)c1-n1c2ccccc2c2c(-c3cccc4oc5ccccc5c34)cccc21. The van der Waals surface area contributed by atoms with Gasteiger partial charge in [0.1, 0.15) is 17.2 Å². The Balaban J connectivity index is 1.11. The number of thiophene rings is 2. The van der Waals surface area contributed by atoms with Crippen LogP contribution in [-0.4, -0.2) is 9.13 Å². The zero-order valence-corrected chi connectivity index (χ0v) is 48.1. The molecule has 18 aromatic rings. The van der Waals surface area contributed by atoms with Crippen LogP contribution in [0.1, 0.15) is 5.56 Å². The summed E-state index contributed by atoms with van der Waals surface area (Å²) in [6.07, 6.45) is 0. The van der Waals surface area contributed by atoms with Gasteiger partial charge in [-0.15, -0.1) is 22.7 Å². The van der Waals surface area contributed by atoms with Crippen molar-refractivity contribution in [1.82, 2.24) is 9.13 Å². The molecule has 0 saturated heterocycles. The molecule has 5 nitrogen and oxygen atoms in total. The van der Waals surface area contributed by atoms with E-state index in [2.05, 4.69) is 246 Å². The van der Waals surface area contributed by atoms with Gasteiger partial charge in [-0.3, -0.25) is 0 Å². The molecule has 0 amide bonds. The Kier molecular flexibility index (Phi) is 10.8. The zero-order chi connectivity index (χ0) is 57.4. The van der Waals surface area contributed by atoms with Crippen LogP contribution in [-0.2, 0) is 0 Å². The van der Waals surface area contributed by atoms with Crippen molar-refractivity contribution in [2.24, 2.45) is 0 Å². The Bertz CT molecular complexity index is 5840. The molecule has 0 radical (unpaired) electrons. The van der Waals surface area contributed by atoms with E-state index in [1.165, 1.54) is 20.2 Å². The van der Waals surface area contributed by atoms with Crippen LogP contribution in [0.15, 0.2) is 271 Å². The molecule has 0 aliphatic rings. The van der Waals surface area contributed by atoms with E-state index in [0.717, 1.165) is 136 Å². The fourth-order valence-corrected chi connectivity index (χ4v) is 16.8. The van der Waals surface area contributed by atoms with Crippen molar-refractivity contribution in [3.63, 3.8) is 0 Å². The van der Waals surface area contributed by atoms with Gasteiger partial charge in [0.05, 0.1) is 55.0 Å². The summed E-state index contributed by atoms with van der Waals surface area (Å²) in [7, 11) is 0. The van der Waals surface area contributed by atoms with Crippen molar-refractivity contribution >= 4 is 134 Å². The number of fused-ring (bicyclic) bond motifs is 17. The molecule has 7 heteroatoms. The molecular weight excluding hydrogens is 1100 g/mol. The Labute approximate surface area is 506 Å². The Morgan fingerprint density at radius 1 is 0.368 bits per heavy atom. The summed E-state index contributed by atoms with van der Waals surface area (Å²) in [6, 6.07) is 97.4. The highest BCUT2D eigenvalue weighted by Gasteiger charge is 2.34. The van der Waals surface area contributed by atoms with E-state index in [-0.39, 0.29) is 0 Å². The lowest BCUT2D eigenvalue weighted by Crippen LogP contribution is -2.09. The highest BCUT2D eigenvalue weighted by Crippen LogP contribution is 2.57. The fraction of sp³-hybridized carbons (Fsp3) is 0. The summed E-state index contributed by atoms with van der Waals surface area (Å²) in [5, 5.41) is 23.6. The van der Waals surface area contributed by atoms with Gasteiger partial charge in [-0.2, -0.15) is 5.26 Å².